The minimum Gasteiger partial charge on any atom is -0.451 e. The normalized spacial score (nSPS) is 11.0. The fraction of sp³-hybridized carbons (Fsp3) is 0.375. The topological polar surface area (TPSA) is 65.0 Å². The maximum absolute atomic E-state index is 4.99. The average molecular weight is 179 g/mol. The highest BCUT2D eigenvalue weighted by Crippen LogP contribution is 2.17. The molecule has 0 saturated carbocycles. The van der Waals surface area contributed by atoms with Crippen molar-refractivity contribution >= 4 is 0 Å². The predicted octanol–water partition coefficient (Wildman–Crippen LogP) is 1.85. The predicted molar refractivity (Wildman–Crippen MR) is 43.9 cm³/mol. The van der Waals surface area contributed by atoms with Crippen LogP contribution in [-0.4, -0.2) is 15.1 Å². The molecule has 5 nitrogen and oxygen atoms in total. The monoisotopic (exact) mass is 179 g/mol. The molecular formula is C8H9N3O2. The molecule has 0 amide bonds. The van der Waals surface area contributed by atoms with Crippen LogP contribution in [0.3, 0.4) is 0 Å². The molecule has 2 rings (SSSR count). The molecule has 13 heavy (non-hydrogen) atoms. The van der Waals surface area contributed by atoms with Crippen LogP contribution in [0.4, 0.5) is 0 Å². The Balaban J connectivity index is 2.33. The van der Waals surface area contributed by atoms with Gasteiger partial charge in [-0.15, -0.1) is 0 Å². The third-order valence-corrected chi connectivity index (χ3v) is 1.61. The van der Waals surface area contributed by atoms with Gasteiger partial charge in [-0.25, -0.2) is 4.98 Å². The van der Waals surface area contributed by atoms with Gasteiger partial charge in [-0.2, -0.15) is 4.98 Å². The lowest BCUT2D eigenvalue weighted by Gasteiger charge is -1.91. The first kappa shape index (κ1) is 7.97. The van der Waals surface area contributed by atoms with Crippen LogP contribution in [0, 0.1) is 0 Å². The zero-order valence-corrected chi connectivity index (χ0v) is 7.39. The van der Waals surface area contributed by atoms with Crippen molar-refractivity contribution in [2.75, 3.05) is 0 Å². The van der Waals surface area contributed by atoms with Gasteiger partial charge in [0.1, 0.15) is 6.26 Å². The summed E-state index contributed by atoms with van der Waals surface area (Å²) in [6.07, 6.45) is 2.80. The quantitative estimate of drug-likeness (QED) is 0.703. The van der Waals surface area contributed by atoms with E-state index in [4.69, 9.17) is 8.94 Å². The molecule has 2 heterocycles. The lowest BCUT2D eigenvalue weighted by Crippen LogP contribution is -1.89. The second-order valence-electron chi connectivity index (χ2n) is 2.99. The standard InChI is InChI=1S/C8H9N3O2/c1-5(2)7-10-8(13-11-7)6-3-12-4-9-6/h3-5H,1-2H3. The summed E-state index contributed by atoms with van der Waals surface area (Å²) in [5.74, 6) is 1.33. The molecule has 0 unspecified atom stereocenters. The smallest absolute Gasteiger partial charge is 0.279 e. The minimum absolute atomic E-state index is 0.254. The molecule has 0 aliphatic rings. The molecule has 2 aromatic rings. The van der Waals surface area contributed by atoms with E-state index in [0.29, 0.717) is 17.4 Å². The summed E-state index contributed by atoms with van der Waals surface area (Å²) in [4.78, 5) is 8.05. The first-order valence-corrected chi connectivity index (χ1v) is 3.99. The molecule has 0 spiro atoms. The first-order chi connectivity index (χ1) is 6.27. The Hall–Kier alpha value is -1.65. The Morgan fingerprint density at radius 3 is 2.77 bits per heavy atom. The van der Waals surface area contributed by atoms with E-state index in [1.54, 1.807) is 0 Å². The molecule has 0 atom stereocenters. The number of oxazole rings is 1. The van der Waals surface area contributed by atoms with E-state index in [0.717, 1.165) is 0 Å². The Morgan fingerprint density at radius 2 is 2.23 bits per heavy atom. The summed E-state index contributed by atoms with van der Waals surface area (Å²) in [5.41, 5.74) is 0.569. The Labute approximate surface area is 74.8 Å². The third-order valence-electron chi connectivity index (χ3n) is 1.61. The van der Waals surface area contributed by atoms with E-state index in [-0.39, 0.29) is 5.92 Å². The summed E-state index contributed by atoms with van der Waals surface area (Å²) in [6.45, 7) is 3.99. The van der Waals surface area contributed by atoms with Gasteiger partial charge in [-0.1, -0.05) is 19.0 Å². The SMILES string of the molecule is CC(C)c1noc(-c2cocn2)n1. The van der Waals surface area contributed by atoms with E-state index >= 15 is 0 Å². The number of hydrogen-bond donors (Lipinski definition) is 0. The largest absolute Gasteiger partial charge is 0.451 e. The Kier molecular flexibility index (Phi) is 1.84. The van der Waals surface area contributed by atoms with Gasteiger partial charge in [0.2, 0.25) is 0 Å². The van der Waals surface area contributed by atoms with Crippen molar-refractivity contribution in [2.45, 2.75) is 19.8 Å². The first-order valence-electron chi connectivity index (χ1n) is 3.99. The number of aromatic nitrogens is 3. The Bertz CT molecular complexity index is 378. The van der Waals surface area contributed by atoms with Crippen LogP contribution in [0.15, 0.2) is 21.6 Å². The molecule has 5 heteroatoms. The van der Waals surface area contributed by atoms with Crippen molar-refractivity contribution in [1.82, 2.24) is 15.1 Å². The molecular weight excluding hydrogens is 170 g/mol. The van der Waals surface area contributed by atoms with Crippen LogP contribution >= 0.6 is 0 Å². The van der Waals surface area contributed by atoms with Crippen LogP contribution in [-0.2, 0) is 0 Å². The van der Waals surface area contributed by atoms with E-state index in [2.05, 4.69) is 15.1 Å². The number of hydrogen-bond acceptors (Lipinski definition) is 5. The highest BCUT2D eigenvalue weighted by molar-refractivity contribution is 5.42. The molecule has 0 fully saturated rings. The number of nitrogens with zero attached hydrogens (tertiary/aromatic N) is 3. The van der Waals surface area contributed by atoms with E-state index in [1.807, 2.05) is 13.8 Å². The second-order valence-corrected chi connectivity index (χ2v) is 2.99. The summed E-state index contributed by atoms with van der Waals surface area (Å²) in [7, 11) is 0. The zero-order valence-electron chi connectivity index (χ0n) is 7.39. The van der Waals surface area contributed by atoms with E-state index in [9.17, 15) is 0 Å². The molecule has 0 N–H and O–H groups in total. The summed E-state index contributed by atoms with van der Waals surface area (Å²) >= 11 is 0. The average Bonchev–Trinajstić information content (AvgIpc) is 2.75. The van der Waals surface area contributed by atoms with Crippen LogP contribution in [0.2, 0.25) is 0 Å². The van der Waals surface area contributed by atoms with Crippen molar-refractivity contribution in [1.29, 1.82) is 0 Å². The lowest BCUT2D eigenvalue weighted by atomic mass is 10.2. The van der Waals surface area contributed by atoms with Gasteiger partial charge < -0.3 is 8.94 Å². The highest BCUT2D eigenvalue weighted by Gasteiger charge is 2.12. The van der Waals surface area contributed by atoms with Crippen molar-refractivity contribution < 1.29 is 8.94 Å². The second kappa shape index (κ2) is 3.01. The third kappa shape index (κ3) is 1.44. The van der Waals surface area contributed by atoms with Crippen LogP contribution in [0.1, 0.15) is 25.6 Å². The molecule has 0 aromatic carbocycles. The van der Waals surface area contributed by atoms with Gasteiger partial charge in [0.05, 0.1) is 0 Å². The van der Waals surface area contributed by atoms with Gasteiger partial charge in [0.25, 0.3) is 5.89 Å². The molecule has 2 aromatic heterocycles. The van der Waals surface area contributed by atoms with Crippen LogP contribution in [0.5, 0.6) is 0 Å². The molecule has 68 valence electrons. The zero-order chi connectivity index (χ0) is 9.26. The highest BCUT2D eigenvalue weighted by atomic mass is 16.5. The lowest BCUT2D eigenvalue weighted by molar-refractivity contribution is 0.418. The van der Waals surface area contributed by atoms with Gasteiger partial charge in [0, 0.05) is 5.92 Å². The summed E-state index contributed by atoms with van der Waals surface area (Å²) in [5, 5.41) is 3.80. The minimum atomic E-state index is 0.254. The Morgan fingerprint density at radius 1 is 1.38 bits per heavy atom. The maximum atomic E-state index is 4.99. The van der Waals surface area contributed by atoms with Gasteiger partial charge in [0.15, 0.2) is 17.9 Å². The number of rotatable bonds is 2. The molecule has 0 aliphatic heterocycles. The van der Waals surface area contributed by atoms with Crippen molar-refractivity contribution in [3.63, 3.8) is 0 Å². The molecule has 0 aliphatic carbocycles. The van der Waals surface area contributed by atoms with Crippen LogP contribution in [0.25, 0.3) is 11.6 Å². The maximum Gasteiger partial charge on any atom is 0.279 e. The molecule has 0 radical (unpaired) electrons. The van der Waals surface area contributed by atoms with Crippen LogP contribution < -0.4 is 0 Å². The van der Waals surface area contributed by atoms with Crippen molar-refractivity contribution in [3.05, 3.63) is 18.5 Å². The fourth-order valence-electron chi connectivity index (χ4n) is 0.892. The summed E-state index contributed by atoms with van der Waals surface area (Å²) in [6, 6.07) is 0. The summed E-state index contributed by atoms with van der Waals surface area (Å²) < 4.78 is 9.79. The van der Waals surface area contributed by atoms with Crippen molar-refractivity contribution in [2.24, 2.45) is 0 Å². The van der Waals surface area contributed by atoms with E-state index in [1.165, 1.54) is 12.7 Å². The fourth-order valence-corrected chi connectivity index (χ4v) is 0.892. The van der Waals surface area contributed by atoms with E-state index < -0.39 is 0 Å². The van der Waals surface area contributed by atoms with Crippen molar-refractivity contribution in [3.8, 4) is 11.6 Å². The van der Waals surface area contributed by atoms with Gasteiger partial charge in [-0.3, -0.25) is 0 Å². The van der Waals surface area contributed by atoms with Gasteiger partial charge in [-0.05, 0) is 0 Å². The van der Waals surface area contributed by atoms with Gasteiger partial charge >= 0.3 is 0 Å². The molecule has 0 saturated heterocycles. The molecule has 0 bridgehead atoms.